The summed E-state index contributed by atoms with van der Waals surface area (Å²) in [5, 5.41) is 20.0. The zero-order valence-corrected chi connectivity index (χ0v) is 17.7. The fraction of sp³-hybridized carbons (Fsp3) is 0.636. The van der Waals surface area contributed by atoms with Gasteiger partial charge in [0, 0.05) is 11.0 Å². The number of hydrogen-bond donors (Lipinski definition) is 4. The first kappa shape index (κ1) is 21.1. The Hall–Kier alpha value is -1.66. The van der Waals surface area contributed by atoms with Crippen LogP contribution in [0.15, 0.2) is 12.6 Å². The van der Waals surface area contributed by atoms with Crippen molar-refractivity contribution in [3.8, 4) is 5.75 Å². The minimum Gasteiger partial charge on any atom is -0.493 e. The quantitative estimate of drug-likeness (QED) is 0.439. The highest BCUT2D eigenvalue weighted by Crippen LogP contribution is 2.59. The Bertz CT molecular complexity index is 778. The maximum atomic E-state index is 10.0. The summed E-state index contributed by atoms with van der Waals surface area (Å²) in [4.78, 5) is 0. The summed E-state index contributed by atoms with van der Waals surface area (Å²) >= 11 is 0. The molecule has 28 heavy (non-hydrogen) atoms. The van der Waals surface area contributed by atoms with E-state index in [0.717, 1.165) is 36.8 Å². The Morgan fingerprint density at radius 2 is 1.86 bits per heavy atom. The molecule has 3 rings (SSSR count). The molecule has 0 amide bonds. The number of allylic oxidation sites excluding steroid dienone is 1. The molecule has 1 aliphatic carbocycles. The van der Waals surface area contributed by atoms with E-state index in [9.17, 15) is 10.0 Å². The normalized spacial score (nSPS) is 30.0. The van der Waals surface area contributed by atoms with Gasteiger partial charge in [-0.05, 0) is 60.0 Å². The van der Waals surface area contributed by atoms with Crippen LogP contribution in [0.1, 0.15) is 65.4 Å². The number of anilines is 2. The Morgan fingerprint density at radius 3 is 2.50 bits per heavy atom. The van der Waals surface area contributed by atoms with Gasteiger partial charge in [-0.2, -0.15) is 0 Å². The Morgan fingerprint density at radius 1 is 1.18 bits per heavy atom. The first-order valence-corrected chi connectivity index (χ1v) is 10.4. The van der Waals surface area contributed by atoms with Crippen molar-refractivity contribution in [3.63, 3.8) is 0 Å². The van der Waals surface area contributed by atoms with Crippen molar-refractivity contribution in [2.24, 2.45) is 22.7 Å². The average Bonchev–Trinajstić information content (AvgIpc) is 2.59. The molecule has 1 aromatic rings. The summed E-state index contributed by atoms with van der Waals surface area (Å²) in [6.07, 6.45) is 5.60. The van der Waals surface area contributed by atoms with Gasteiger partial charge in [-0.1, -0.05) is 40.7 Å². The molecule has 3 atom stereocenters. The SMILES string of the molecule is C=C1c2cc(N)c(N)c(B(O)O)c2OCC(C)CC[C@@H]2C(C)(C)CCC[C@@]12C. The van der Waals surface area contributed by atoms with Gasteiger partial charge in [0.1, 0.15) is 5.75 Å². The van der Waals surface area contributed by atoms with Crippen molar-refractivity contribution in [1.29, 1.82) is 0 Å². The highest BCUT2D eigenvalue weighted by Gasteiger charge is 2.48. The lowest BCUT2D eigenvalue weighted by Gasteiger charge is -2.53. The molecule has 5 nitrogen and oxygen atoms in total. The smallest absolute Gasteiger partial charge is 0.493 e. The van der Waals surface area contributed by atoms with E-state index in [1.807, 2.05) is 0 Å². The third kappa shape index (κ3) is 3.41. The molecule has 6 N–H and O–H groups in total. The Balaban J connectivity index is 2.24. The van der Waals surface area contributed by atoms with Crippen LogP contribution in [0.3, 0.4) is 0 Å². The molecule has 1 fully saturated rings. The average molecular weight is 386 g/mol. The second-order valence-corrected chi connectivity index (χ2v) is 9.83. The van der Waals surface area contributed by atoms with Gasteiger partial charge in [0.15, 0.2) is 0 Å². The fourth-order valence-corrected chi connectivity index (χ4v) is 5.62. The molecular weight excluding hydrogens is 351 g/mol. The lowest BCUT2D eigenvalue weighted by Crippen LogP contribution is -2.44. The van der Waals surface area contributed by atoms with E-state index in [0.29, 0.717) is 29.9 Å². The molecule has 0 spiro atoms. The molecule has 1 heterocycles. The Labute approximate surface area is 169 Å². The van der Waals surface area contributed by atoms with Crippen molar-refractivity contribution in [2.75, 3.05) is 18.1 Å². The van der Waals surface area contributed by atoms with E-state index in [4.69, 9.17) is 16.2 Å². The zero-order chi connectivity index (χ0) is 20.9. The number of fused-ring (bicyclic) bond motifs is 2. The van der Waals surface area contributed by atoms with Crippen molar-refractivity contribution in [2.45, 2.75) is 59.8 Å². The van der Waals surface area contributed by atoms with Crippen LogP contribution in [0.5, 0.6) is 5.75 Å². The summed E-state index contributed by atoms with van der Waals surface area (Å²) in [5.74, 6) is 1.25. The molecule has 1 aliphatic heterocycles. The predicted molar refractivity (Wildman–Crippen MR) is 117 cm³/mol. The summed E-state index contributed by atoms with van der Waals surface area (Å²) in [7, 11) is -1.75. The number of rotatable bonds is 1. The molecule has 1 unspecified atom stereocenters. The number of nitrogen functional groups attached to an aromatic ring is 2. The van der Waals surface area contributed by atoms with Crippen LogP contribution in [0.4, 0.5) is 11.4 Å². The number of nitrogens with two attached hydrogens (primary N) is 2. The van der Waals surface area contributed by atoms with Crippen LogP contribution in [0.2, 0.25) is 0 Å². The van der Waals surface area contributed by atoms with Crippen LogP contribution in [-0.4, -0.2) is 23.8 Å². The van der Waals surface area contributed by atoms with E-state index in [-0.39, 0.29) is 22.0 Å². The Kier molecular flexibility index (Phi) is 5.50. The molecule has 1 saturated carbocycles. The van der Waals surface area contributed by atoms with Gasteiger partial charge in [-0.15, -0.1) is 0 Å². The molecule has 2 aliphatic rings. The van der Waals surface area contributed by atoms with Gasteiger partial charge < -0.3 is 26.3 Å². The van der Waals surface area contributed by atoms with Crippen molar-refractivity contribution in [3.05, 3.63) is 18.2 Å². The fourth-order valence-electron chi connectivity index (χ4n) is 5.62. The number of benzene rings is 1. The maximum absolute atomic E-state index is 10.0. The lowest BCUT2D eigenvalue weighted by molar-refractivity contribution is 0.0279. The molecular formula is C22H35BN2O3. The minimum atomic E-state index is -1.75. The van der Waals surface area contributed by atoms with Gasteiger partial charge >= 0.3 is 7.12 Å². The standard InChI is InChI=1S/C22H35BN2O3/c1-13-7-8-17-21(3,4)9-6-10-22(17,5)14(2)15-11-16(24)19(25)18(23(26)27)20(15)28-12-13/h11,13,17,26-27H,2,6-10,12,24-25H2,1,3-5H3/t13?,17-,22+/m1/s1. The van der Waals surface area contributed by atoms with Crippen LogP contribution in [0, 0.1) is 22.7 Å². The second kappa shape index (κ2) is 7.31. The van der Waals surface area contributed by atoms with Gasteiger partial charge in [-0.25, -0.2) is 0 Å². The maximum Gasteiger partial charge on any atom is 0.494 e. The molecule has 154 valence electrons. The van der Waals surface area contributed by atoms with Gasteiger partial charge in [0.2, 0.25) is 0 Å². The predicted octanol–water partition coefficient (Wildman–Crippen LogP) is 3.19. The largest absolute Gasteiger partial charge is 0.494 e. The highest BCUT2D eigenvalue weighted by atomic mass is 16.5. The topological polar surface area (TPSA) is 102 Å². The molecule has 0 aromatic heterocycles. The van der Waals surface area contributed by atoms with E-state index in [2.05, 4.69) is 34.3 Å². The lowest BCUT2D eigenvalue weighted by atomic mass is 9.52. The number of hydrogen-bond acceptors (Lipinski definition) is 5. The van der Waals surface area contributed by atoms with E-state index < -0.39 is 7.12 Å². The third-order valence-corrected chi connectivity index (χ3v) is 7.35. The van der Waals surface area contributed by atoms with Gasteiger partial charge in [0.25, 0.3) is 0 Å². The van der Waals surface area contributed by atoms with Crippen molar-refractivity contribution < 1.29 is 14.8 Å². The van der Waals surface area contributed by atoms with Crippen molar-refractivity contribution in [1.82, 2.24) is 0 Å². The highest BCUT2D eigenvalue weighted by molar-refractivity contribution is 6.62. The summed E-state index contributed by atoms with van der Waals surface area (Å²) < 4.78 is 6.14. The van der Waals surface area contributed by atoms with E-state index in [1.165, 1.54) is 6.42 Å². The zero-order valence-electron chi connectivity index (χ0n) is 17.7. The third-order valence-electron chi connectivity index (χ3n) is 7.35. The molecule has 6 heteroatoms. The minimum absolute atomic E-state index is 0.114. The van der Waals surface area contributed by atoms with E-state index >= 15 is 0 Å². The summed E-state index contributed by atoms with van der Waals surface area (Å²) in [6.45, 7) is 14.2. The van der Waals surface area contributed by atoms with Crippen LogP contribution in [-0.2, 0) is 0 Å². The van der Waals surface area contributed by atoms with Crippen LogP contribution < -0.4 is 21.7 Å². The molecule has 1 aromatic carbocycles. The van der Waals surface area contributed by atoms with E-state index in [1.54, 1.807) is 6.07 Å². The second-order valence-electron chi connectivity index (χ2n) is 9.83. The summed E-state index contributed by atoms with van der Waals surface area (Å²) in [5.41, 5.74) is 14.7. The first-order valence-electron chi connectivity index (χ1n) is 10.4. The molecule has 0 saturated heterocycles. The van der Waals surface area contributed by atoms with Crippen LogP contribution in [0.25, 0.3) is 5.57 Å². The van der Waals surface area contributed by atoms with Gasteiger partial charge in [-0.3, -0.25) is 0 Å². The van der Waals surface area contributed by atoms with Crippen LogP contribution >= 0.6 is 0 Å². The van der Waals surface area contributed by atoms with Gasteiger partial charge in [0.05, 0.1) is 18.0 Å². The number of ether oxygens (including phenoxy) is 1. The molecule has 0 bridgehead atoms. The monoisotopic (exact) mass is 386 g/mol. The van der Waals surface area contributed by atoms with Crippen molar-refractivity contribution >= 4 is 29.5 Å². The first-order chi connectivity index (χ1) is 13.0. The molecule has 0 radical (unpaired) electrons. The summed E-state index contributed by atoms with van der Waals surface area (Å²) in [6, 6.07) is 1.80.